The molecule has 112 valence electrons. The Bertz CT molecular complexity index is 701. The highest BCUT2D eigenvalue weighted by Gasteiger charge is 2.10. The van der Waals surface area contributed by atoms with Crippen LogP contribution < -0.4 is 10.1 Å². The van der Waals surface area contributed by atoms with E-state index in [4.69, 9.17) is 4.74 Å². The van der Waals surface area contributed by atoms with Gasteiger partial charge in [0.2, 0.25) is 11.8 Å². The van der Waals surface area contributed by atoms with E-state index in [2.05, 4.69) is 30.5 Å². The van der Waals surface area contributed by atoms with Gasteiger partial charge < -0.3 is 10.1 Å². The smallest absolute Gasteiger partial charge is 0.226 e. The zero-order valence-electron chi connectivity index (χ0n) is 12.1. The van der Waals surface area contributed by atoms with Gasteiger partial charge in [0.1, 0.15) is 18.8 Å². The molecule has 0 bridgehead atoms. The average molecular weight is 296 g/mol. The molecule has 3 rings (SSSR count). The first kappa shape index (κ1) is 14.0. The third-order valence-corrected chi connectivity index (χ3v) is 3.05. The number of benzene rings is 1. The molecule has 7 nitrogen and oxygen atoms in total. The predicted molar refractivity (Wildman–Crippen MR) is 81.2 cm³/mol. The van der Waals surface area contributed by atoms with Crippen LogP contribution in [0.1, 0.15) is 24.4 Å². The number of rotatable bonds is 6. The first-order valence-electron chi connectivity index (χ1n) is 6.93. The lowest BCUT2D eigenvalue weighted by Gasteiger charge is -2.11. The molecule has 2 heterocycles. The second-order valence-electron chi connectivity index (χ2n) is 4.73. The Hall–Kier alpha value is -2.96. The van der Waals surface area contributed by atoms with E-state index in [1.807, 2.05) is 37.3 Å². The van der Waals surface area contributed by atoms with Crippen LogP contribution in [0.15, 0.2) is 48.9 Å². The molecule has 1 aromatic carbocycles. The van der Waals surface area contributed by atoms with E-state index >= 15 is 0 Å². The second-order valence-corrected chi connectivity index (χ2v) is 4.73. The molecule has 1 unspecified atom stereocenters. The van der Waals surface area contributed by atoms with E-state index in [-0.39, 0.29) is 6.04 Å². The van der Waals surface area contributed by atoms with Crippen molar-refractivity contribution < 1.29 is 4.74 Å². The summed E-state index contributed by atoms with van der Waals surface area (Å²) in [6.45, 7) is 2.41. The molecule has 2 aromatic heterocycles. The van der Waals surface area contributed by atoms with Crippen LogP contribution in [-0.4, -0.2) is 25.1 Å². The molecule has 1 atom stereocenters. The van der Waals surface area contributed by atoms with Gasteiger partial charge in [-0.3, -0.25) is 5.10 Å². The van der Waals surface area contributed by atoms with Crippen molar-refractivity contribution in [2.75, 3.05) is 5.32 Å². The van der Waals surface area contributed by atoms with Gasteiger partial charge in [-0.1, -0.05) is 30.3 Å². The number of H-pyrrole nitrogens is 1. The quantitative estimate of drug-likeness (QED) is 0.726. The number of nitrogens with zero attached hydrogens (tertiary/aromatic N) is 4. The van der Waals surface area contributed by atoms with Crippen LogP contribution in [0, 0.1) is 0 Å². The fourth-order valence-electron chi connectivity index (χ4n) is 1.91. The van der Waals surface area contributed by atoms with Crippen LogP contribution in [0.25, 0.3) is 0 Å². The zero-order chi connectivity index (χ0) is 15.2. The average Bonchev–Trinajstić information content (AvgIpc) is 3.09. The fraction of sp³-hybridized carbons (Fsp3) is 0.200. The third kappa shape index (κ3) is 3.57. The molecule has 22 heavy (non-hydrogen) atoms. The van der Waals surface area contributed by atoms with E-state index in [0.29, 0.717) is 18.4 Å². The minimum Gasteiger partial charge on any atom is -0.473 e. The topological polar surface area (TPSA) is 88.6 Å². The van der Waals surface area contributed by atoms with Crippen LogP contribution in [0.5, 0.6) is 5.88 Å². The van der Waals surface area contributed by atoms with Crippen LogP contribution in [-0.2, 0) is 6.61 Å². The van der Waals surface area contributed by atoms with E-state index < -0.39 is 0 Å². The van der Waals surface area contributed by atoms with Gasteiger partial charge in [-0.15, -0.1) is 0 Å². The summed E-state index contributed by atoms with van der Waals surface area (Å²) in [7, 11) is 0. The van der Waals surface area contributed by atoms with Crippen molar-refractivity contribution in [2.45, 2.75) is 19.6 Å². The van der Waals surface area contributed by atoms with Gasteiger partial charge in [0.15, 0.2) is 0 Å². The minimum absolute atomic E-state index is 0.0770. The Kier molecular flexibility index (Phi) is 4.24. The lowest BCUT2D eigenvalue weighted by molar-refractivity contribution is 0.293. The summed E-state index contributed by atoms with van der Waals surface area (Å²) < 4.78 is 5.68. The zero-order valence-corrected chi connectivity index (χ0v) is 12.1. The Morgan fingerprint density at radius 3 is 2.82 bits per heavy atom. The van der Waals surface area contributed by atoms with Crippen LogP contribution in [0.3, 0.4) is 0 Å². The standard InChI is InChI=1S/C15H16N6O/c1-11(14-17-10-18-21-14)19-15-16-8-7-13(20-15)22-9-12-5-3-2-4-6-12/h2-8,10-11H,9H2,1H3,(H,16,19,20)(H,17,18,21). The molecule has 0 radical (unpaired) electrons. The first-order valence-corrected chi connectivity index (χ1v) is 6.93. The van der Waals surface area contributed by atoms with Crippen molar-refractivity contribution in [2.24, 2.45) is 0 Å². The molecule has 2 N–H and O–H groups in total. The van der Waals surface area contributed by atoms with Gasteiger partial charge >= 0.3 is 0 Å². The molecule has 0 fully saturated rings. The normalized spacial score (nSPS) is 11.9. The van der Waals surface area contributed by atoms with Gasteiger partial charge in [-0.25, -0.2) is 9.97 Å². The molecule has 3 aromatic rings. The van der Waals surface area contributed by atoms with E-state index in [1.54, 1.807) is 12.3 Å². The molecular weight excluding hydrogens is 280 g/mol. The third-order valence-electron chi connectivity index (χ3n) is 3.05. The van der Waals surface area contributed by atoms with Crippen molar-refractivity contribution >= 4 is 5.95 Å². The molecule has 0 aliphatic heterocycles. The summed E-state index contributed by atoms with van der Waals surface area (Å²) in [5.41, 5.74) is 1.09. The molecule has 0 saturated heterocycles. The monoisotopic (exact) mass is 296 g/mol. The van der Waals surface area contributed by atoms with Crippen LogP contribution >= 0.6 is 0 Å². The second kappa shape index (κ2) is 6.66. The van der Waals surface area contributed by atoms with Crippen LogP contribution in [0.4, 0.5) is 5.95 Å². The summed E-state index contributed by atoms with van der Waals surface area (Å²) in [4.78, 5) is 12.6. The maximum atomic E-state index is 5.68. The number of nitrogens with one attached hydrogen (secondary N) is 2. The highest BCUT2D eigenvalue weighted by Crippen LogP contribution is 2.15. The number of aromatic amines is 1. The Labute approximate surface area is 127 Å². The number of hydrogen-bond donors (Lipinski definition) is 2. The van der Waals surface area contributed by atoms with Crippen molar-refractivity contribution in [3.63, 3.8) is 0 Å². The maximum Gasteiger partial charge on any atom is 0.226 e. The van der Waals surface area contributed by atoms with Gasteiger partial charge in [-0.2, -0.15) is 10.1 Å². The molecular formula is C15H16N6O. The van der Waals surface area contributed by atoms with Crippen molar-refractivity contribution in [3.05, 3.63) is 60.3 Å². The number of ether oxygens (including phenoxy) is 1. The summed E-state index contributed by atoms with van der Waals surface area (Å²) in [6, 6.07) is 11.6. The number of hydrogen-bond acceptors (Lipinski definition) is 6. The first-order chi connectivity index (χ1) is 10.8. The van der Waals surface area contributed by atoms with Gasteiger partial charge in [0.25, 0.3) is 0 Å². The van der Waals surface area contributed by atoms with Crippen molar-refractivity contribution in [3.8, 4) is 5.88 Å². The summed E-state index contributed by atoms with van der Waals surface area (Å²) in [5, 5.41) is 9.78. The Morgan fingerprint density at radius 1 is 1.18 bits per heavy atom. The van der Waals surface area contributed by atoms with Crippen molar-refractivity contribution in [1.82, 2.24) is 25.1 Å². The predicted octanol–water partition coefficient (Wildman–Crippen LogP) is 2.35. The highest BCUT2D eigenvalue weighted by molar-refractivity contribution is 5.30. The largest absolute Gasteiger partial charge is 0.473 e. The molecule has 0 saturated carbocycles. The Balaban J connectivity index is 1.62. The van der Waals surface area contributed by atoms with Gasteiger partial charge in [-0.05, 0) is 12.5 Å². The molecule has 0 spiro atoms. The van der Waals surface area contributed by atoms with E-state index in [9.17, 15) is 0 Å². The van der Waals surface area contributed by atoms with Gasteiger partial charge in [0.05, 0.1) is 6.04 Å². The lowest BCUT2D eigenvalue weighted by Crippen LogP contribution is -2.11. The van der Waals surface area contributed by atoms with Crippen LogP contribution in [0.2, 0.25) is 0 Å². The minimum atomic E-state index is -0.0770. The van der Waals surface area contributed by atoms with E-state index in [1.165, 1.54) is 6.33 Å². The summed E-state index contributed by atoms with van der Waals surface area (Å²) in [6.07, 6.45) is 3.12. The molecule has 0 amide bonds. The lowest BCUT2D eigenvalue weighted by atomic mass is 10.2. The molecule has 7 heteroatoms. The SMILES string of the molecule is CC(Nc1nccc(OCc2ccccc2)n1)c1ncn[nH]1. The summed E-state index contributed by atoms with van der Waals surface area (Å²) in [5.74, 6) is 1.72. The highest BCUT2D eigenvalue weighted by atomic mass is 16.5. The number of anilines is 1. The Morgan fingerprint density at radius 2 is 2.05 bits per heavy atom. The molecule has 0 aliphatic rings. The van der Waals surface area contributed by atoms with Gasteiger partial charge in [0, 0.05) is 12.3 Å². The summed E-state index contributed by atoms with van der Waals surface area (Å²) >= 11 is 0. The maximum absolute atomic E-state index is 5.68. The van der Waals surface area contributed by atoms with Crippen molar-refractivity contribution in [1.29, 1.82) is 0 Å². The molecule has 0 aliphatic carbocycles. The number of aromatic nitrogens is 5. The fourth-order valence-corrected chi connectivity index (χ4v) is 1.91. The van der Waals surface area contributed by atoms with E-state index in [0.717, 1.165) is 11.4 Å².